The minimum absolute atomic E-state index is 0.0550. The Kier molecular flexibility index (Phi) is 18.2. The van der Waals surface area contributed by atoms with Crippen LogP contribution in [0.2, 0.25) is 6.04 Å². The second-order valence-electron chi connectivity index (χ2n) is 6.75. The van der Waals surface area contributed by atoms with Gasteiger partial charge in [-0.2, -0.15) is 0 Å². The maximum Gasteiger partial charge on any atom is 0.500 e. The summed E-state index contributed by atoms with van der Waals surface area (Å²) in [5, 5.41) is 2.38. The monoisotopic (exact) mass is 456 g/mol. The van der Waals surface area contributed by atoms with Gasteiger partial charge >= 0.3 is 8.80 Å². The van der Waals surface area contributed by atoms with Gasteiger partial charge in [-0.25, -0.2) is 13.1 Å². The molecule has 0 heterocycles. The van der Waals surface area contributed by atoms with Gasteiger partial charge in [-0.3, -0.25) is 4.79 Å². The number of hydrogen-bond donors (Lipinski definition) is 2. The van der Waals surface area contributed by atoms with Crippen molar-refractivity contribution in [2.75, 3.05) is 26.4 Å². The van der Waals surface area contributed by atoms with Crippen molar-refractivity contribution < 1.29 is 26.5 Å². The highest BCUT2D eigenvalue weighted by molar-refractivity contribution is 7.90. The molecule has 2 unspecified atom stereocenters. The molecule has 0 bridgehead atoms. The fourth-order valence-corrected chi connectivity index (χ4v) is 6.10. The van der Waals surface area contributed by atoms with Crippen LogP contribution in [0.25, 0.3) is 0 Å². The van der Waals surface area contributed by atoms with E-state index in [9.17, 15) is 13.2 Å². The minimum Gasteiger partial charge on any atom is -0.374 e. The van der Waals surface area contributed by atoms with E-state index in [1.54, 1.807) is 6.92 Å². The van der Waals surface area contributed by atoms with Crippen molar-refractivity contribution in [1.82, 2.24) is 10.0 Å². The van der Waals surface area contributed by atoms with Crippen LogP contribution in [0.3, 0.4) is 0 Å². The van der Waals surface area contributed by atoms with Gasteiger partial charge in [0.05, 0.1) is 5.25 Å². The van der Waals surface area contributed by atoms with Gasteiger partial charge in [-0.15, -0.1) is 0 Å². The Hall–Kier alpha value is -0.523. The van der Waals surface area contributed by atoms with Gasteiger partial charge in [0.25, 0.3) is 0 Å². The fourth-order valence-electron chi connectivity index (χ4n) is 2.33. The van der Waals surface area contributed by atoms with E-state index in [-0.39, 0.29) is 11.2 Å². The highest BCUT2D eigenvalue weighted by atomic mass is 32.2. The van der Waals surface area contributed by atoms with Crippen LogP contribution in [0.1, 0.15) is 74.7 Å². The van der Waals surface area contributed by atoms with Crippen molar-refractivity contribution in [3.05, 3.63) is 0 Å². The third-order valence-corrected chi connectivity index (χ3v) is 9.37. The topological polar surface area (TPSA) is 103 Å². The molecule has 176 valence electrons. The lowest BCUT2D eigenvalue weighted by molar-refractivity contribution is -0.119. The molecular formula is C19H44N2O6SSi. The summed E-state index contributed by atoms with van der Waals surface area (Å²) in [6.45, 7) is 16.8. The predicted molar refractivity (Wildman–Crippen MR) is 120 cm³/mol. The molecule has 2 atom stereocenters. The molecule has 0 spiro atoms. The van der Waals surface area contributed by atoms with Gasteiger partial charge < -0.3 is 18.6 Å². The minimum atomic E-state index is -3.22. The SMILES string of the molecule is CCC(C)NC(C)=O.CCO[Si](CCCNS(=O)(=O)C(C)CC)(OCC)OCC. The number of carbonyl (C=O) groups excluding carboxylic acids is 1. The van der Waals surface area contributed by atoms with Crippen LogP contribution in [0.4, 0.5) is 0 Å². The summed E-state index contributed by atoms with van der Waals surface area (Å²) in [5.41, 5.74) is 0. The highest BCUT2D eigenvalue weighted by Crippen LogP contribution is 2.18. The molecule has 29 heavy (non-hydrogen) atoms. The zero-order valence-electron chi connectivity index (χ0n) is 19.7. The maximum atomic E-state index is 11.9. The van der Waals surface area contributed by atoms with Crippen LogP contribution >= 0.6 is 0 Å². The van der Waals surface area contributed by atoms with Gasteiger partial charge in [-0.05, 0) is 53.9 Å². The summed E-state index contributed by atoms with van der Waals surface area (Å²) in [4.78, 5) is 10.3. The number of carbonyl (C=O) groups is 1. The van der Waals surface area contributed by atoms with E-state index < -0.39 is 18.8 Å². The smallest absolute Gasteiger partial charge is 0.374 e. The molecule has 8 nitrogen and oxygen atoms in total. The van der Waals surface area contributed by atoms with Crippen molar-refractivity contribution in [3.8, 4) is 0 Å². The largest absolute Gasteiger partial charge is 0.500 e. The first-order valence-corrected chi connectivity index (χ1v) is 14.2. The van der Waals surface area contributed by atoms with Crippen molar-refractivity contribution >= 4 is 24.7 Å². The Bertz CT molecular complexity index is 502. The molecular weight excluding hydrogens is 412 g/mol. The number of sulfonamides is 1. The van der Waals surface area contributed by atoms with E-state index in [1.165, 1.54) is 6.92 Å². The average molecular weight is 457 g/mol. The molecule has 0 aromatic rings. The lowest BCUT2D eigenvalue weighted by Crippen LogP contribution is -2.46. The molecule has 0 radical (unpaired) electrons. The van der Waals surface area contributed by atoms with Gasteiger partial charge in [-0.1, -0.05) is 13.8 Å². The third kappa shape index (κ3) is 15.0. The van der Waals surface area contributed by atoms with Crippen LogP contribution < -0.4 is 10.0 Å². The van der Waals surface area contributed by atoms with Crippen molar-refractivity contribution in [2.24, 2.45) is 0 Å². The molecule has 0 rings (SSSR count). The third-order valence-electron chi connectivity index (χ3n) is 4.22. The van der Waals surface area contributed by atoms with Gasteiger partial charge in [0.15, 0.2) is 0 Å². The first kappa shape index (κ1) is 30.7. The van der Waals surface area contributed by atoms with E-state index in [0.29, 0.717) is 51.3 Å². The number of amides is 1. The van der Waals surface area contributed by atoms with Crippen molar-refractivity contribution in [2.45, 2.75) is 92.0 Å². The second-order valence-corrected chi connectivity index (χ2v) is 11.7. The van der Waals surface area contributed by atoms with Crippen LogP contribution in [-0.2, 0) is 28.1 Å². The van der Waals surface area contributed by atoms with Crippen molar-refractivity contribution in [1.29, 1.82) is 0 Å². The molecule has 0 aromatic heterocycles. The van der Waals surface area contributed by atoms with E-state index in [1.807, 2.05) is 41.5 Å². The lowest BCUT2D eigenvalue weighted by Gasteiger charge is -2.28. The Morgan fingerprint density at radius 2 is 1.41 bits per heavy atom. The number of nitrogens with one attached hydrogen (secondary N) is 2. The summed E-state index contributed by atoms with van der Waals surface area (Å²) in [7, 11) is -5.88. The van der Waals surface area contributed by atoms with Crippen molar-refractivity contribution in [3.63, 3.8) is 0 Å². The molecule has 2 N–H and O–H groups in total. The summed E-state index contributed by atoms with van der Waals surface area (Å²) >= 11 is 0. The molecule has 1 amide bonds. The quantitative estimate of drug-likeness (QED) is 0.290. The molecule has 0 aromatic carbocycles. The highest BCUT2D eigenvalue weighted by Gasteiger charge is 2.39. The summed E-state index contributed by atoms with van der Waals surface area (Å²) in [6.07, 6.45) is 2.24. The molecule has 10 heteroatoms. The Morgan fingerprint density at radius 3 is 1.72 bits per heavy atom. The predicted octanol–water partition coefficient (Wildman–Crippen LogP) is 3.06. The second kappa shape index (κ2) is 17.2. The van der Waals surface area contributed by atoms with Gasteiger partial charge in [0.1, 0.15) is 0 Å². The summed E-state index contributed by atoms with van der Waals surface area (Å²) in [6, 6.07) is 0.943. The molecule has 0 aliphatic heterocycles. The maximum absolute atomic E-state index is 11.9. The van der Waals surface area contributed by atoms with Crippen LogP contribution in [0, 0.1) is 0 Å². The van der Waals surface area contributed by atoms with Crippen LogP contribution in [-0.4, -0.2) is 60.8 Å². The molecule has 0 aliphatic rings. The van der Waals surface area contributed by atoms with Crippen LogP contribution in [0.5, 0.6) is 0 Å². The zero-order chi connectivity index (χ0) is 22.9. The number of hydrogen-bond acceptors (Lipinski definition) is 6. The summed E-state index contributed by atoms with van der Waals surface area (Å²) in [5.74, 6) is 0.0550. The molecule has 0 fully saturated rings. The van der Waals surface area contributed by atoms with E-state index >= 15 is 0 Å². The number of rotatable bonds is 15. The molecule has 0 saturated heterocycles. The van der Waals surface area contributed by atoms with E-state index in [4.69, 9.17) is 13.3 Å². The first-order valence-electron chi connectivity index (χ1n) is 10.7. The van der Waals surface area contributed by atoms with Crippen LogP contribution in [0.15, 0.2) is 0 Å². The first-order chi connectivity index (χ1) is 13.5. The average Bonchev–Trinajstić information content (AvgIpc) is 2.65. The lowest BCUT2D eigenvalue weighted by atomic mass is 10.3. The van der Waals surface area contributed by atoms with E-state index in [0.717, 1.165) is 6.42 Å². The fraction of sp³-hybridized carbons (Fsp3) is 0.947. The van der Waals surface area contributed by atoms with E-state index in [2.05, 4.69) is 10.0 Å². The molecule has 0 saturated carbocycles. The normalized spacial score (nSPS) is 13.9. The zero-order valence-corrected chi connectivity index (χ0v) is 21.5. The Balaban J connectivity index is 0. The van der Waals surface area contributed by atoms with Gasteiger partial charge in [0, 0.05) is 45.4 Å². The Morgan fingerprint density at radius 1 is 0.931 bits per heavy atom. The standard InChI is InChI=1S/C13H31NO5SSi.C6H13NO/c1-6-13(5)20(15,16)14-11-10-12-21(17-7-2,18-8-3)19-9-4;1-4-5(2)7-6(3)8/h13-14H,6-12H2,1-5H3;5H,4H2,1-3H3,(H,7,8). The Labute approximate surface area is 179 Å². The summed E-state index contributed by atoms with van der Waals surface area (Å²) < 4.78 is 43.6. The van der Waals surface area contributed by atoms with Gasteiger partial charge in [0.2, 0.25) is 15.9 Å². The molecule has 0 aliphatic carbocycles.